The highest BCUT2D eigenvalue weighted by Crippen LogP contribution is 2.57. The van der Waals surface area contributed by atoms with Crippen LogP contribution in [0.25, 0.3) is 0 Å². The minimum Gasteiger partial charge on any atom is -0.339 e. The predicted octanol–water partition coefficient (Wildman–Crippen LogP) is 2.54. The second kappa shape index (κ2) is 2.82. The molecule has 1 atom stereocenters. The Morgan fingerprint density at radius 1 is 1.54 bits per heavy atom. The van der Waals surface area contributed by atoms with E-state index in [0.717, 1.165) is 24.6 Å². The standard InChI is InChI=1S/C10H16N2O/c1-4-5-8-11-9(13-12-8)7-6-10(7,2)3/h7H,4-6H2,1-3H3. The minimum absolute atomic E-state index is 0.385. The molecule has 1 aliphatic carbocycles. The van der Waals surface area contributed by atoms with E-state index in [-0.39, 0.29) is 0 Å². The number of hydrogen-bond donors (Lipinski definition) is 0. The molecule has 1 unspecified atom stereocenters. The first-order valence-corrected chi connectivity index (χ1v) is 4.96. The van der Waals surface area contributed by atoms with Crippen molar-refractivity contribution in [2.75, 3.05) is 0 Å². The van der Waals surface area contributed by atoms with Crippen LogP contribution >= 0.6 is 0 Å². The molecule has 72 valence electrons. The van der Waals surface area contributed by atoms with Gasteiger partial charge in [0.25, 0.3) is 0 Å². The summed E-state index contributed by atoms with van der Waals surface area (Å²) in [4.78, 5) is 4.38. The summed E-state index contributed by atoms with van der Waals surface area (Å²) in [5.41, 5.74) is 0.385. The van der Waals surface area contributed by atoms with Crippen molar-refractivity contribution in [3.8, 4) is 0 Å². The van der Waals surface area contributed by atoms with Crippen LogP contribution in [-0.2, 0) is 6.42 Å². The summed E-state index contributed by atoms with van der Waals surface area (Å²) in [6.45, 7) is 6.60. The van der Waals surface area contributed by atoms with Gasteiger partial charge in [-0.1, -0.05) is 25.9 Å². The Morgan fingerprint density at radius 2 is 2.23 bits per heavy atom. The van der Waals surface area contributed by atoms with Crippen LogP contribution in [0, 0.1) is 5.41 Å². The van der Waals surface area contributed by atoms with E-state index in [4.69, 9.17) is 4.52 Å². The highest BCUT2D eigenvalue weighted by Gasteiger charge is 2.50. The van der Waals surface area contributed by atoms with Gasteiger partial charge in [-0.15, -0.1) is 0 Å². The molecule has 2 rings (SSSR count). The molecule has 0 radical (unpaired) electrons. The first kappa shape index (κ1) is 8.73. The molecule has 1 saturated carbocycles. The average molecular weight is 180 g/mol. The molecule has 1 aliphatic rings. The van der Waals surface area contributed by atoms with Crippen molar-refractivity contribution in [3.63, 3.8) is 0 Å². The number of hydrogen-bond acceptors (Lipinski definition) is 3. The molecule has 13 heavy (non-hydrogen) atoms. The summed E-state index contributed by atoms with van der Waals surface area (Å²) in [5.74, 6) is 2.21. The molecule has 0 spiro atoms. The Bertz CT molecular complexity index is 304. The van der Waals surface area contributed by atoms with Crippen molar-refractivity contribution in [1.82, 2.24) is 10.1 Å². The second-order valence-corrected chi connectivity index (χ2v) is 4.54. The van der Waals surface area contributed by atoms with Crippen molar-refractivity contribution >= 4 is 0 Å². The predicted molar refractivity (Wildman–Crippen MR) is 49.4 cm³/mol. The lowest BCUT2D eigenvalue weighted by Gasteiger charge is -1.95. The number of nitrogens with zero attached hydrogens (tertiary/aromatic N) is 2. The maximum absolute atomic E-state index is 5.22. The summed E-state index contributed by atoms with van der Waals surface area (Å²) in [6.07, 6.45) is 3.18. The van der Waals surface area contributed by atoms with Gasteiger partial charge < -0.3 is 4.52 Å². The van der Waals surface area contributed by atoms with Gasteiger partial charge in [0.15, 0.2) is 5.82 Å². The second-order valence-electron chi connectivity index (χ2n) is 4.54. The van der Waals surface area contributed by atoms with Gasteiger partial charge in [-0.25, -0.2) is 0 Å². The normalized spacial score (nSPS) is 24.7. The van der Waals surface area contributed by atoms with E-state index >= 15 is 0 Å². The van der Waals surface area contributed by atoms with E-state index in [2.05, 4.69) is 30.9 Å². The highest BCUT2D eigenvalue weighted by molar-refractivity contribution is 5.12. The van der Waals surface area contributed by atoms with Gasteiger partial charge in [0.2, 0.25) is 5.89 Å². The molecule has 1 heterocycles. The van der Waals surface area contributed by atoms with E-state index in [9.17, 15) is 0 Å². The molecular weight excluding hydrogens is 164 g/mol. The van der Waals surface area contributed by atoms with E-state index < -0.39 is 0 Å². The van der Waals surface area contributed by atoms with Gasteiger partial charge in [0.1, 0.15) is 0 Å². The molecule has 1 fully saturated rings. The number of rotatable bonds is 3. The quantitative estimate of drug-likeness (QED) is 0.717. The Labute approximate surface area is 78.5 Å². The maximum Gasteiger partial charge on any atom is 0.230 e. The Hall–Kier alpha value is -0.860. The van der Waals surface area contributed by atoms with Crippen LogP contribution < -0.4 is 0 Å². The van der Waals surface area contributed by atoms with Crippen LogP contribution in [0.4, 0.5) is 0 Å². The van der Waals surface area contributed by atoms with Crippen LogP contribution in [-0.4, -0.2) is 10.1 Å². The molecule has 1 aromatic heterocycles. The molecule has 3 nitrogen and oxygen atoms in total. The minimum atomic E-state index is 0.385. The molecule has 3 heteroatoms. The summed E-state index contributed by atoms with van der Waals surface area (Å²) in [7, 11) is 0. The van der Waals surface area contributed by atoms with Gasteiger partial charge in [-0.2, -0.15) is 4.98 Å². The molecule has 1 aromatic rings. The Balaban J connectivity index is 2.07. The zero-order chi connectivity index (χ0) is 9.47. The monoisotopic (exact) mass is 180 g/mol. The maximum atomic E-state index is 5.22. The third-order valence-electron chi connectivity index (χ3n) is 2.77. The van der Waals surface area contributed by atoms with Crippen molar-refractivity contribution in [2.24, 2.45) is 5.41 Å². The molecule has 0 bridgehead atoms. The largest absolute Gasteiger partial charge is 0.339 e. The van der Waals surface area contributed by atoms with E-state index in [0.29, 0.717) is 11.3 Å². The summed E-state index contributed by atoms with van der Waals surface area (Å²) >= 11 is 0. The highest BCUT2D eigenvalue weighted by atomic mass is 16.5. The van der Waals surface area contributed by atoms with Crippen molar-refractivity contribution in [1.29, 1.82) is 0 Å². The van der Waals surface area contributed by atoms with Gasteiger partial charge in [-0.05, 0) is 18.3 Å². The lowest BCUT2D eigenvalue weighted by molar-refractivity contribution is 0.363. The van der Waals surface area contributed by atoms with Crippen molar-refractivity contribution in [2.45, 2.75) is 46.0 Å². The average Bonchev–Trinajstić information content (AvgIpc) is 2.52. The fraction of sp³-hybridized carbons (Fsp3) is 0.800. The van der Waals surface area contributed by atoms with Crippen LogP contribution in [0.3, 0.4) is 0 Å². The van der Waals surface area contributed by atoms with Crippen LogP contribution in [0.2, 0.25) is 0 Å². The fourth-order valence-electron chi connectivity index (χ4n) is 1.62. The topological polar surface area (TPSA) is 38.9 Å². The zero-order valence-electron chi connectivity index (χ0n) is 8.50. The summed E-state index contributed by atoms with van der Waals surface area (Å²) < 4.78 is 5.22. The molecule has 0 amide bonds. The van der Waals surface area contributed by atoms with E-state index in [1.54, 1.807) is 0 Å². The number of aryl methyl sites for hydroxylation is 1. The Morgan fingerprint density at radius 3 is 2.77 bits per heavy atom. The first-order valence-electron chi connectivity index (χ1n) is 4.96. The summed E-state index contributed by atoms with van der Waals surface area (Å²) in [5, 5.41) is 3.95. The van der Waals surface area contributed by atoms with Crippen LogP contribution in [0.1, 0.15) is 51.2 Å². The van der Waals surface area contributed by atoms with Gasteiger partial charge in [-0.3, -0.25) is 0 Å². The lowest BCUT2D eigenvalue weighted by Crippen LogP contribution is -1.91. The van der Waals surface area contributed by atoms with Crippen LogP contribution in [0.5, 0.6) is 0 Å². The SMILES string of the molecule is CCCc1noc(C2CC2(C)C)n1. The lowest BCUT2D eigenvalue weighted by atomic mass is 10.1. The summed E-state index contributed by atoms with van der Waals surface area (Å²) in [6, 6.07) is 0. The molecule has 0 aliphatic heterocycles. The van der Waals surface area contributed by atoms with Crippen molar-refractivity contribution < 1.29 is 4.52 Å². The first-order chi connectivity index (χ1) is 6.13. The van der Waals surface area contributed by atoms with E-state index in [1.165, 1.54) is 6.42 Å². The van der Waals surface area contributed by atoms with Gasteiger partial charge >= 0.3 is 0 Å². The molecular formula is C10H16N2O. The zero-order valence-corrected chi connectivity index (χ0v) is 8.50. The fourth-order valence-corrected chi connectivity index (χ4v) is 1.62. The van der Waals surface area contributed by atoms with Gasteiger partial charge in [0, 0.05) is 12.3 Å². The Kier molecular flexibility index (Phi) is 1.90. The smallest absolute Gasteiger partial charge is 0.230 e. The van der Waals surface area contributed by atoms with Crippen molar-refractivity contribution in [3.05, 3.63) is 11.7 Å². The molecule has 0 aromatic carbocycles. The molecule has 0 saturated heterocycles. The number of aromatic nitrogens is 2. The molecule has 0 N–H and O–H groups in total. The van der Waals surface area contributed by atoms with Crippen LogP contribution in [0.15, 0.2) is 4.52 Å². The third kappa shape index (κ3) is 1.60. The third-order valence-corrected chi connectivity index (χ3v) is 2.77. The van der Waals surface area contributed by atoms with E-state index in [1.807, 2.05) is 0 Å². The van der Waals surface area contributed by atoms with Gasteiger partial charge in [0.05, 0.1) is 0 Å².